The van der Waals surface area contributed by atoms with Gasteiger partial charge in [-0.05, 0) is 37.6 Å². The number of anilines is 1. The van der Waals surface area contributed by atoms with Crippen LogP contribution in [0.25, 0.3) is 16.9 Å². The molecule has 4 rings (SSSR count). The zero-order chi connectivity index (χ0) is 18.8. The van der Waals surface area contributed by atoms with Crippen LogP contribution in [0.15, 0.2) is 55.4 Å². The summed E-state index contributed by atoms with van der Waals surface area (Å²) in [5.41, 5.74) is 4.90. The molecular weight excluding hydrogens is 340 g/mol. The molecule has 136 valence electrons. The van der Waals surface area contributed by atoms with Gasteiger partial charge in [0.15, 0.2) is 0 Å². The predicted molar refractivity (Wildman–Crippen MR) is 102 cm³/mol. The zero-order valence-electron chi connectivity index (χ0n) is 15.4. The molecule has 8 heteroatoms. The van der Waals surface area contributed by atoms with Crippen molar-refractivity contribution in [3.05, 3.63) is 66.6 Å². The first-order chi connectivity index (χ1) is 13.1. The van der Waals surface area contributed by atoms with Gasteiger partial charge in [0, 0.05) is 25.0 Å². The van der Waals surface area contributed by atoms with E-state index in [4.69, 9.17) is 0 Å². The molecule has 27 heavy (non-hydrogen) atoms. The van der Waals surface area contributed by atoms with Gasteiger partial charge in [0.25, 0.3) is 0 Å². The molecule has 0 spiro atoms. The van der Waals surface area contributed by atoms with Gasteiger partial charge in [-0.2, -0.15) is 10.2 Å². The fraction of sp³-hybridized carbons (Fsp3) is 0.211. The molecule has 0 saturated carbocycles. The van der Waals surface area contributed by atoms with Gasteiger partial charge in [-0.3, -0.25) is 4.68 Å². The Hall–Kier alpha value is -3.55. The monoisotopic (exact) mass is 360 g/mol. The predicted octanol–water partition coefficient (Wildman–Crippen LogP) is 2.94. The molecule has 1 N–H and O–H groups in total. The summed E-state index contributed by atoms with van der Waals surface area (Å²) in [4.78, 5) is 13.0. The van der Waals surface area contributed by atoms with Crippen molar-refractivity contribution in [3.8, 4) is 16.9 Å². The summed E-state index contributed by atoms with van der Waals surface area (Å²) >= 11 is 0. The summed E-state index contributed by atoms with van der Waals surface area (Å²) < 4.78 is 3.52. The number of rotatable bonds is 5. The highest BCUT2D eigenvalue weighted by molar-refractivity contribution is 5.61. The lowest BCUT2D eigenvalue weighted by Crippen LogP contribution is -2.10. The Labute approximate surface area is 156 Å². The summed E-state index contributed by atoms with van der Waals surface area (Å²) in [7, 11) is 1.90. The van der Waals surface area contributed by atoms with Crippen LogP contribution in [-0.2, 0) is 7.05 Å². The Morgan fingerprint density at radius 1 is 1.11 bits per heavy atom. The third-order valence-corrected chi connectivity index (χ3v) is 4.37. The van der Waals surface area contributed by atoms with Gasteiger partial charge in [-0.25, -0.2) is 19.6 Å². The van der Waals surface area contributed by atoms with Crippen LogP contribution in [0.2, 0.25) is 0 Å². The first-order valence-electron chi connectivity index (χ1n) is 8.65. The minimum absolute atomic E-state index is 0.0556. The quantitative estimate of drug-likeness (QED) is 0.589. The van der Waals surface area contributed by atoms with Crippen LogP contribution in [0, 0.1) is 6.92 Å². The second-order valence-electron chi connectivity index (χ2n) is 6.36. The van der Waals surface area contributed by atoms with Gasteiger partial charge in [0.1, 0.15) is 12.7 Å². The number of benzene rings is 1. The second kappa shape index (κ2) is 6.99. The summed E-state index contributed by atoms with van der Waals surface area (Å²) in [5.74, 6) is 0.587. The zero-order valence-corrected chi connectivity index (χ0v) is 15.4. The summed E-state index contributed by atoms with van der Waals surface area (Å²) in [6, 6.07) is 10.1. The first kappa shape index (κ1) is 16.9. The lowest BCUT2D eigenvalue weighted by molar-refractivity contribution is 0.756. The van der Waals surface area contributed by atoms with Gasteiger partial charge >= 0.3 is 0 Å². The Morgan fingerprint density at radius 3 is 2.59 bits per heavy atom. The summed E-state index contributed by atoms with van der Waals surface area (Å²) in [5, 5.41) is 11.9. The normalized spacial score (nSPS) is 12.1. The Bertz CT molecular complexity index is 1030. The Morgan fingerprint density at radius 2 is 1.93 bits per heavy atom. The molecule has 0 saturated heterocycles. The molecule has 0 fully saturated rings. The van der Waals surface area contributed by atoms with Crippen LogP contribution in [0.1, 0.15) is 24.2 Å². The van der Waals surface area contributed by atoms with Crippen LogP contribution in [0.5, 0.6) is 0 Å². The molecule has 1 unspecified atom stereocenters. The highest BCUT2D eigenvalue weighted by Gasteiger charge is 2.11. The van der Waals surface area contributed by atoms with Crippen LogP contribution < -0.4 is 5.32 Å². The average Bonchev–Trinajstić information content (AvgIpc) is 3.32. The summed E-state index contributed by atoms with van der Waals surface area (Å²) in [6.45, 7) is 4.06. The van der Waals surface area contributed by atoms with E-state index in [9.17, 15) is 0 Å². The number of hydrogen-bond acceptors (Lipinski definition) is 6. The molecule has 0 aliphatic carbocycles. The number of nitrogens with one attached hydrogen (secondary N) is 1. The van der Waals surface area contributed by atoms with Crippen LogP contribution in [0.3, 0.4) is 0 Å². The fourth-order valence-electron chi connectivity index (χ4n) is 2.96. The van der Waals surface area contributed by atoms with Gasteiger partial charge < -0.3 is 5.32 Å². The van der Waals surface area contributed by atoms with E-state index in [2.05, 4.69) is 49.5 Å². The van der Waals surface area contributed by atoms with Crippen LogP contribution in [0.4, 0.5) is 5.95 Å². The Kier molecular flexibility index (Phi) is 4.37. The van der Waals surface area contributed by atoms with E-state index >= 15 is 0 Å². The third kappa shape index (κ3) is 3.55. The molecule has 0 radical (unpaired) electrons. The third-order valence-electron chi connectivity index (χ3n) is 4.37. The average molecular weight is 360 g/mol. The van der Waals surface area contributed by atoms with Gasteiger partial charge in [-0.1, -0.05) is 12.1 Å². The van der Waals surface area contributed by atoms with Gasteiger partial charge in [-0.15, -0.1) is 0 Å². The molecule has 1 atom stereocenters. The highest BCUT2D eigenvalue weighted by Crippen LogP contribution is 2.23. The molecule has 0 aliphatic heterocycles. The van der Waals surface area contributed by atoms with E-state index in [1.807, 2.05) is 38.4 Å². The SMILES string of the molecule is Cc1nn(C)cc1-c1ccnc(NC(C)c2ccc(-n3cncn3)cc2)n1. The maximum absolute atomic E-state index is 4.64. The molecule has 8 nitrogen and oxygen atoms in total. The lowest BCUT2D eigenvalue weighted by atomic mass is 10.1. The Balaban J connectivity index is 1.52. The maximum Gasteiger partial charge on any atom is 0.223 e. The van der Waals surface area contributed by atoms with E-state index in [-0.39, 0.29) is 6.04 Å². The van der Waals surface area contributed by atoms with E-state index in [0.717, 1.165) is 28.2 Å². The maximum atomic E-state index is 4.64. The van der Waals surface area contributed by atoms with Crippen molar-refractivity contribution in [3.63, 3.8) is 0 Å². The summed E-state index contributed by atoms with van der Waals surface area (Å²) in [6.07, 6.45) is 6.92. The lowest BCUT2D eigenvalue weighted by Gasteiger charge is -2.15. The molecule has 3 heterocycles. The molecule has 0 amide bonds. The number of hydrogen-bond donors (Lipinski definition) is 1. The highest BCUT2D eigenvalue weighted by atomic mass is 15.3. The van der Waals surface area contributed by atoms with Crippen molar-refractivity contribution in [1.29, 1.82) is 0 Å². The van der Waals surface area contributed by atoms with E-state index in [0.29, 0.717) is 5.95 Å². The van der Waals surface area contributed by atoms with Crippen LogP contribution >= 0.6 is 0 Å². The second-order valence-corrected chi connectivity index (χ2v) is 6.36. The van der Waals surface area contributed by atoms with E-state index in [1.54, 1.807) is 21.9 Å². The molecular formula is C19H20N8. The van der Waals surface area contributed by atoms with Crippen molar-refractivity contribution in [1.82, 2.24) is 34.5 Å². The van der Waals surface area contributed by atoms with Gasteiger partial charge in [0.2, 0.25) is 5.95 Å². The van der Waals surface area contributed by atoms with Crippen molar-refractivity contribution in [2.75, 3.05) is 5.32 Å². The molecule has 0 bridgehead atoms. The molecule has 1 aromatic carbocycles. The largest absolute Gasteiger partial charge is 0.348 e. The topological polar surface area (TPSA) is 86.3 Å². The van der Waals surface area contributed by atoms with E-state index < -0.39 is 0 Å². The van der Waals surface area contributed by atoms with Crippen molar-refractivity contribution < 1.29 is 0 Å². The smallest absolute Gasteiger partial charge is 0.223 e. The molecule has 0 aliphatic rings. The van der Waals surface area contributed by atoms with E-state index in [1.165, 1.54) is 6.33 Å². The number of nitrogens with zero attached hydrogens (tertiary/aromatic N) is 7. The standard InChI is InChI=1S/C19H20N8/c1-13(15-4-6-16(7-5-15)27-12-20-11-22-27)23-19-21-9-8-18(24-19)17-10-26(3)25-14(17)2/h4-13H,1-3H3,(H,21,23,24). The number of aromatic nitrogens is 7. The number of aryl methyl sites for hydroxylation is 2. The van der Waals surface area contributed by atoms with Gasteiger partial charge in [0.05, 0.1) is 23.1 Å². The molecule has 4 aromatic rings. The first-order valence-corrected chi connectivity index (χ1v) is 8.65. The minimum atomic E-state index is 0.0556. The van der Waals surface area contributed by atoms with Crippen LogP contribution in [-0.4, -0.2) is 34.5 Å². The minimum Gasteiger partial charge on any atom is -0.348 e. The van der Waals surface area contributed by atoms with Crippen molar-refractivity contribution in [2.45, 2.75) is 19.9 Å². The van der Waals surface area contributed by atoms with Crippen molar-refractivity contribution >= 4 is 5.95 Å². The van der Waals surface area contributed by atoms with Crippen molar-refractivity contribution in [2.24, 2.45) is 7.05 Å². The molecule has 3 aromatic heterocycles. The fourth-order valence-corrected chi connectivity index (χ4v) is 2.96.